The van der Waals surface area contributed by atoms with Crippen molar-refractivity contribution < 1.29 is 41.7 Å². The van der Waals surface area contributed by atoms with E-state index in [0.717, 1.165) is 69.1 Å². The van der Waals surface area contributed by atoms with Gasteiger partial charge in [0, 0.05) is 29.8 Å². The van der Waals surface area contributed by atoms with E-state index in [-0.39, 0.29) is 40.8 Å². The normalized spacial score (nSPS) is 16.4. The number of carbonyl (C=O) groups is 2. The van der Waals surface area contributed by atoms with Gasteiger partial charge < -0.3 is 30.5 Å². The number of nitrogens with two attached hydrogens (primary N) is 1. The van der Waals surface area contributed by atoms with Crippen LogP contribution in [0.2, 0.25) is 0 Å². The molecule has 2 amide bonds. The molecule has 0 bridgehead atoms. The quantitative estimate of drug-likeness (QED) is 0.236. The zero-order valence-corrected chi connectivity index (χ0v) is 25.3. The van der Waals surface area contributed by atoms with Gasteiger partial charge in [-0.3, -0.25) is 9.59 Å². The molecule has 9 nitrogen and oxygen atoms in total. The minimum absolute atomic E-state index is 0.0211. The average molecular weight is 645 g/mol. The first-order valence-corrected chi connectivity index (χ1v) is 15.2. The predicted molar refractivity (Wildman–Crippen MR) is 162 cm³/mol. The van der Waals surface area contributed by atoms with E-state index in [1.165, 1.54) is 24.3 Å². The highest BCUT2D eigenvalue weighted by Crippen LogP contribution is 2.42. The molecule has 0 radical (unpaired) electrons. The lowest BCUT2D eigenvalue weighted by atomic mass is 9.93. The van der Waals surface area contributed by atoms with Gasteiger partial charge in [0.25, 0.3) is 5.91 Å². The van der Waals surface area contributed by atoms with Crippen molar-refractivity contribution in [3.63, 3.8) is 0 Å². The van der Waals surface area contributed by atoms with Crippen LogP contribution < -0.4 is 25.4 Å². The van der Waals surface area contributed by atoms with Gasteiger partial charge in [-0.2, -0.15) is 13.2 Å². The lowest BCUT2D eigenvalue weighted by Crippen LogP contribution is -2.51. The van der Waals surface area contributed by atoms with Crippen LogP contribution in [-0.2, 0) is 16.8 Å². The Kier molecular flexibility index (Phi) is 9.71. The molecule has 2 aromatic carbocycles. The number of primary amides is 1. The number of carbonyl (C=O) groups excluding carboxylic acids is 2. The number of hydrogen-bond donors (Lipinski definition) is 3. The monoisotopic (exact) mass is 644 g/mol. The van der Waals surface area contributed by atoms with Crippen molar-refractivity contribution in [3.8, 4) is 22.8 Å². The largest absolute Gasteiger partial charge is 0.491 e. The average Bonchev–Trinajstić information content (AvgIpc) is 3.84. The number of aliphatic hydroxyl groups is 1. The summed E-state index contributed by atoms with van der Waals surface area (Å²) in [5.74, 6) is -1.89. The topological polar surface area (TPSA) is 127 Å². The van der Waals surface area contributed by atoms with Crippen LogP contribution in [0, 0.1) is 5.82 Å². The third kappa shape index (κ3) is 7.35. The molecule has 1 aliphatic heterocycles. The van der Waals surface area contributed by atoms with Gasteiger partial charge >= 0.3 is 6.18 Å². The van der Waals surface area contributed by atoms with E-state index in [0.29, 0.717) is 5.75 Å². The van der Waals surface area contributed by atoms with Crippen LogP contribution in [-0.4, -0.2) is 60.4 Å². The summed E-state index contributed by atoms with van der Waals surface area (Å²) in [4.78, 5) is 31.5. The van der Waals surface area contributed by atoms with Crippen LogP contribution in [0.25, 0.3) is 11.3 Å². The molecular weight excluding hydrogens is 608 g/mol. The predicted octanol–water partition coefficient (Wildman–Crippen LogP) is 5.03. The zero-order chi connectivity index (χ0) is 33.1. The Morgan fingerprint density at radius 2 is 1.76 bits per heavy atom. The third-order valence-corrected chi connectivity index (χ3v) is 7.96. The van der Waals surface area contributed by atoms with Crippen LogP contribution in [0.3, 0.4) is 0 Å². The van der Waals surface area contributed by atoms with Crippen LogP contribution in [0.15, 0.2) is 48.5 Å². The molecule has 46 heavy (non-hydrogen) atoms. The number of aromatic nitrogens is 1. The number of pyridine rings is 1. The molecule has 0 spiro atoms. The molecule has 2 heterocycles. The number of ether oxygens (including phenoxy) is 2. The summed E-state index contributed by atoms with van der Waals surface area (Å²) >= 11 is 0. The molecule has 1 aliphatic carbocycles. The highest BCUT2D eigenvalue weighted by molar-refractivity contribution is 5.95. The van der Waals surface area contributed by atoms with Gasteiger partial charge in [-0.15, -0.1) is 0 Å². The number of anilines is 1. The minimum Gasteiger partial charge on any atom is -0.491 e. The SMILES string of the molecule is CCOc1c(CC(N)=O)cc([C@@](O)(CNC(=O)c2ccc(N3CCCCC3)c(OC3CC3)c2)C(F)(F)F)nc1-c1ccc(F)cc1. The Bertz CT molecular complexity index is 1570. The van der Waals surface area contributed by atoms with Crippen molar-refractivity contribution >= 4 is 17.5 Å². The number of piperidine rings is 1. The summed E-state index contributed by atoms with van der Waals surface area (Å²) in [6.45, 7) is 2.04. The van der Waals surface area contributed by atoms with E-state index >= 15 is 0 Å². The van der Waals surface area contributed by atoms with Gasteiger partial charge in [0.1, 0.15) is 23.0 Å². The highest BCUT2D eigenvalue weighted by atomic mass is 19.4. The van der Waals surface area contributed by atoms with Crippen molar-refractivity contribution in [1.82, 2.24) is 10.3 Å². The smallest absolute Gasteiger partial charge is 0.424 e. The molecule has 5 rings (SSSR count). The highest BCUT2D eigenvalue weighted by Gasteiger charge is 2.56. The molecule has 1 aromatic heterocycles. The molecule has 1 saturated carbocycles. The van der Waals surface area contributed by atoms with Gasteiger partial charge in [0.2, 0.25) is 11.5 Å². The maximum absolute atomic E-state index is 14.7. The van der Waals surface area contributed by atoms with Crippen molar-refractivity contribution in [2.24, 2.45) is 5.73 Å². The van der Waals surface area contributed by atoms with E-state index in [1.807, 2.05) is 0 Å². The van der Waals surface area contributed by atoms with Crippen molar-refractivity contribution in [2.45, 2.75) is 63.3 Å². The molecular formula is C33H36F4N4O5. The number of nitrogens with zero attached hydrogens (tertiary/aromatic N) is 2. The van der Waals surface area contributed by atoms with Crippen molar-refractivity contribution in [1.29, 1.82) is 0 Å². The van der Waals surface area contributed by atoms with E-state index in [1.54, 1.807) is 13.0 Å². The molecule has 2 fully saturated rings. The lowest BCUT2D eigenvalue weighted by molar-refractivity contribution is -0.265. The molecule has 2 aliphatic rings. The van der Waals surface area contributed by atoms with Gasteiger partial charge in [-0.1, -0.05) is 0 Å². The first-order chi connectivity index (χ1) is 21.9. The maximum atomic E-state index is 14.7. The third-order valence-electron chi connectivity index (χ3n) is 7.96. The zero-order valence-electron chi connectivity index (χ0n) is 25.3. The number of amides is 2. The van der Waals surface area contributed by atoms with Crippen molar-refractivity contribution in [2.75, 3.05) is 31.1 Å². The summed E-state index contributed by atoms with van der Waals surface area (Å²) in [6, 6.07) is 10.4. The van der Waals surface area contributed by atoms with E-state index in [9.17, 15) is 32.3 Å². The Hall–Kier alpha value is -4.39. The fraction of sp³-hybridized carbons (Fsp3) is 0.424. The standard InChI is InChI=1S/C33H36F4N4O5/c1-2-45-30-22(18-28(38)42)17-27(40-29(30)20-6-9-23(34)10-7-20)32(44,33(35,36)37)19-39-31(43)21-8-13-25(41-14-4-3-5-15-41)26(16-21)46-24-11-12-24/h6-10,13,16-17,24,44H,2-5,11-12,14-15,18-19H2,1H3,(H2,38,42)(H,39,43)/t32-/m0/s1. The summed E-state index contributed by atoms with van der Waals surface area (Å²) in [6.07, 6.45) is -0.933. The van der Waals surface area contributed by atoms with Gasteiger partial charge in [-0.05, 0) is 87.6 Å². The Balaban J connectivity index is 1.49. The number of alkyl halides is 3. The first-order valence-electron chi connectivity index (χ1n) is 15.2. The lowest BCUT2D eigenvalue weighted by Gasteiger charge is -2.32. The number of nitrogens with one attached hydrogen (secondary N) is 1. The second-order valence-corrected chi connectivity index (χ2v) is 11.5. The fourth-order valence-electron chi connectivity index (χ4n) is 5.38. The summed E-state index contributed by atoms with van der Waals surface area (Å²) in [5, 5.41) is 13.5. The van der Waals surface area contributed by atoms with Gasteiger partial charge in [0.05, 0.1) is 37.1 Å². The number of hydrogen-bond acceptors (Lipinski definition) is 7. The maximum Gasteiger partial charge on any atom is 0.424 e. The van der Waals surface area contributed by atoms with Gasteiger partial charge in [0.15, 0.2) is 0 Å². The van der Waals surface area contributed by atoms with Crippen LogP contribution in [0.4, 0.5) is 23.2 Å². The second-order valence-electron chi connectivity index (χ2n) is 11.5. The number of halogens is 4. The molecule has 1 saturated heterocycles. The van der Waals surface area contributed by atoms with Gasteiger partial charge in [-0.25, -0.2) is 9.37 Å². The number of rotatable bonds is 12. The molecule has 4 N–H and O–H groups in total. The molecule has 3 aromatic rings. The van der Waals surface area contributed by atoms with E-state index in [2.05, 4.69) is 15.2 Å². The van der Waals surface area contributed by atoms with Crippen molar-refractivity contribution in [3.05, 3.63) is 71.2 Å². The number of benzene rings is 2. The first kappa shape index (κ1) is 33.0. The summed E-state index contributed by atoms with van der Waals surface area (Å²) in [5.41, 5.74) is 1.60. The van der Waals surface area contributed by atoms with Crippen LogP contribution in [0.1, 0.15) is 60.6 Å². The minimum atomic E-state index is -5.33. The van der Waals surface area contributed by atoms with Crippen LogP contribution in [0.5, 0.6) is 11.5 Å². The van der Waals surface area contributed by atoms with E-state index < -0.39 is 48.1 Å². The molecule has 246 valence electrons. The molecule has 13 heteroatoms. The Morgan fingerprint density at radius 1 is 1.07 bits per heavy atom. The fourth-order valence-corrected chi connectivity index (χ4v) is 5.38. The second kappa shape index (κ2) is 13.5. The molecule has 0 unspecified atom stereocenters. The van der Waals surface area contributed by atoms with Crippen LogP contribution >= 0.6 is 0 Å². The molecule has 1 atom stereocenters. The summed E-state index contributed by atoms with van der Waals surface area (Å²) < 4.78 is 69.5. The Morgan fingerprint density at radius 3 is 2.37 bits per heavy atom. The Labute approximate surface area is 263 Å². The van der Waals surface area contributed by atoms with E-state index in [4.69, 9.17) is 15.2 Å². The summed E-state index contributed by atoms with van der Waals surface area (Å²) in [7, 11) is 0.